The summed E-state index contributed by atoms with van der Waals surface area (Å²) in [5.41, 5.74) is 1.73. The maximum absolute atomic E-state index is 5.67. The van der Waals surface area contributed by atoms with E-state index in [0.717, 1.165) is 15.7 Å². The minimum atomic E-state index is 0.397. The number of nitrogens with one attached hydrogen (secondary N) is 1. The topological polar surface area (TPSA) is 81.7 Å². The van der Waals surface area contributed by atoms with Gasteiger partial charge in [-0.05, 0) is 35.1 Å². The smallest absolute Gasteiger partial charge is 0.248 e. The predicted molar refractivity (Wildman–Crippen MR) is 79.3 cm³/mol. The van der Waals surface area contributed by atoms with Gasteiger partial charge in [-0.3, -0.25) is 0 Å². The SMILES string of the molecule is CNCc1cn(Cc2nnc(-c3ccccc3Br)o2)nn1. The summed E-state index contributed by atoms with van der Waals surface area (Å²) in [6.45, 7) is 1.07. The average Bonchev–Trinajstić information content (AvgIpc) is 3.10. The third-order valence-corrected chi connectivity index (χ3v) is 3.50. The molecule has 0 saturated carbocycles. The Morgan fingerprint density at radius 1 is 1.24 bits per heavy atom. The van der Waals surface area contributed by atoms with Gasteiger partial charge in [-0.1, -0.05) is 17.3 Å². The zero-order chi connectivity index (χ0) is 14.7. The first-order valence-corrected chi connectivity index (χ1v) is 7.16. The first-order chi connectivity index (χ1) is 10.3. The van der Waals surface area contributed by atoms with Gasteiger partial charge in [-0.25, -0.2) is 4.68 Å². The van der Waals surface area contributed by atoms with Crippen LogP contribution in [0.25, 0.3) is 11.5 Å². The molecule has 0 amide bonds. The van der Waals surface area contributed by atoms with E-state index in [1.807, 2.05) is 37.5 Å². The molecular weight excluding hydrogens is 336 g/mol. The van der Waals surface area contributed by atoms with Crippen molar-refractivity contribution in [3.8, 4) is 11.5 Å². The standard InChI is InChI=1S/C13H13BrN6O/c1-15-6-9-7-20(19-16-9)8-12-17-18-13(21-12)10-4-2-3-5-11(10)14/h2-5,7,15H,6,8H2,1H3. The van der Waals surface area contributed by atoms with E-state index in [1.54, 1.807) is 4.68 Å². The lowest BCUT2D eigenvalue weighted by atomic mass is 10.2. The molecule has 0 spiro atoms. The molecule has 0 bridgehead atoms. The van der Waals surface area contributed by atoms with Gasteiger partial charge in [-0.15, -0.1) is 15.3 Å². The molecule has 3 aromatic rings. The number of halogens is 1. The number of nitrogens with zero attached hydrogens (tertiary/aromatic N) is 5. The summed E-state index contributed by atoms with van der Waals surface area (Å²) in [5.74, 6) is 0.967. The van der Waals surface area contributed by atoms with Gasteiger partial charge in [0.15, 0.2) is 0 Å². The molecule has 1 aromatic carbocycles. The fourth-order valence-corrected chi connectivity index (χ4v) is 2.33. The Bertz CT molecular complexity index is 738. The maximum atomic E-state index is 5.67. The second-order valence-electron chi connectivity index (χ2n) is 4.42. The molecule has 0 aliphatic rings. The van der Waals surface area contributed by atoms with Crippen LogP contribution in [0.15, 0.2) is 39.4 Å². The minimum Gasteiger partial charge on any atom is -0.419 e. The van der Waals surface area contributed by atoms with E-state index in [4.69, 9.17) is 4.42 Å². The van der Waals surface area contributed by atoms with Crippen molar-refractivity contribution in [2.45, 2.75) is 13.1 Å². The second kappa shape index (κ2) is 6.15. The highest BCUT2D eigenvalue weighted by molar-refractivity contribution is 9.10. The van der Waals surface area contributed by atoms with Gasteiger partial charge in [0.1, 0.15) is 6.54 Å². The summed E-state index contributed by atoms with van der Waals surface area (Å²) >= 11 is 3.47. The third kappa shape index (κ3) is 3.17. The van der Waals surface area contributed by atoms with Crippen molar-refractivity contribution >= 4 is 15.9 Å². The quantitative estimate of drug-likeness (QED) is 0.757. The van der Waals surface area contributed by atoms with E-state index in [2.05, 4.69) is 41.8 Å². The molecule has 8 heteroatoms. The van der Waals surface area contributed by atoms with Crippen molar-refractivity contribution in [3.63, 3.8) is 0 Å². The average molecular weight is 349 g/mol. The Morgan fingerprint density at radius 2 is 2.10 bits per heavy atom. The Hall–Kier alpha value is -2.06. The molecule has 0 radical (unpaired) electrons. The summed E-state index contributed by atoms with van der Waals surface area (Å²) in [6, 6.07) is 7.71. The van der Waals surface area contributed by atoms with Crippen LogP contribution in [0.3, 0.4) is 0 Å². The number of hydrogen-bond donors (Lipinski definition) is 1. The normalized spacial score (nSPS) is 11.0. The van der Waals surface area contributed by atoms with Gasteiger partial charge in [0.25, 0.3) is 0 Å². The van der Waals surface area contributed by atoms with Crippen LogP contribution in [-0.2, 0) is 13.1 Å². The van der Waals surface area contributed by atoms with Crippen molar-refractivity contribution < 1.29 is 4.42 Å². The molecule has 2 aromatic heterocycles. The van der Waals surface area contributed by atoms with Gasteiger partial charge >= 0.3 is 0 Å². The number of benzene rings is 1. The number of rotatable bonds is 5. The van der Waals surface area contributed by atoms with E-state index >= 15 is 0 Å². The molecule has 0 aliphatic heterocycles. The number of aromatic nitrogens is 5. The highest BCUT2D eigenvalue weighted by Crippen LogP contribution is 2.26. The van der Waals surface area contributed by atoms with Gasteiger partial charge in [-0.2, -0.15) is 0 Å². The fraction of sp³-hybridized carbons (Fsp3) is 0.231. The van der Waals surface area contributed by atoms with Crippen molar-refractivity contribution in [2.75, 3.05) is 7.05 Å². The Labute approximate surface area is 129 Å². The van der Waals surface area contributed by atoms with Crippen LogP contribution in [0.5, 0.6) is 0 Å². The van der Waals surface area contributed by atoms with Crippen molar-refractivity contribution in [1.82, 2.24) is 30.5 Å². The Kier molecular flexibility index (Phi) is 4.07. The first-order valence-electron chi connectivity index (χ1n) is 6.37. The van der Waals surface area contributed by atoms with Crippen LogP contribution < -0.4 is 5.32 Å². The van der Waals surface area contributed by atoms with Gasteiger partial charge in [0.2, 0.25) is 11.8 Å². The molecule has 0 unspecified atom stereocenters. The lowest BCUT2D eigenvalue weighted by molar-refractivity contribution is 0.469. The molecule has 1 N–H and O–H groups in total. The van der Waals surface area contributed by atoms with Crippen molar-refractivity contribution in [1.29, 1.82) is 0 Å². The molecule has 2 heterocycles. The summed E-state index contributed by atoms with van der Waals surface area (Å²) in [5, 5.41) is 19.2. The summed E-state index contributed by atoms with van der Waals surface area (Å²) in [6.07, 6.45) is 1.85. The van der Waals surface area contributed by atoms with Gasteiger partial charge in [0, 0.05) is 11.0 Å². The van der Waals surface area contributed by atoms with Crippen molar-refractivity contribution in [2.24, 2.45) is 0 Å². The molecule has 0 aliphatic carbocycles. The summed E-state index contributed by atoms with van der Waals surface area (Å²) in [7, 11) is 1.86. The highest BCUT2D eigenvalue weighted by atomic mass is 79.9. The van der Waals surface area contributed by atoms with Gasteiger partial charge in [0.05, 0.1) is 17.5 Å². The van der Waals surface area contributed by atoms with Crippen LogP contribution >= 0.6 is 15.9 Å². The van der Waals surface area contributed by atoms with Crippen LogP contribution in [-0.4, -0.2) is 32.2 Å². The monoisotopic (exact) mass is 348 g/mol. The Balaban J connectivity index is 1.77. The molecule has 0 fully saturated rings. The largest absolute Gasteiger partial charge is 0.419 e. The zero-order valence-corrected chi connectivity index (χ0v) is 12.9. The molecule has 7 nitrogen and oxygen atoms in total. The molecule has 108 valence electrons. The van der Waals surface area contributed by atoms with Crippen LogP contribution in [0.1, 0.15) is 11.6 Å². The van der Waals surface area contributed by atoms with Crippen molar-refractivity contribution in [3.05, 3.63) is 46.5 Å². The lowest BCUT2D eigenvalue weighted by Gasteiger charge is -1.97. The predicted octanol–water partition coefficient (Wildman–Crippen LogP) is 1.86. The fourth-order valence-electron chi connectivity index (χ4n) is 1.88. The molecule has 0 atom stereocenters. The van der Waals surface area contributed by atoms with E-state index in [9.17, 15) is 0 Å². The highest BCUT2D eigenvalue weighted by Gasteiger charge is 2.12. The molecular formula is C13H13BrN6O. The lowest BCUT2D eigenvalue weighted by Crippen LogP contribution is -2.05. The first kappa shape index (κ1) is 13.9. The number of hydrogen-bond acceptors (Lipinski definition) is 6. The van der Waals surface area contributed by atoms with E-state index in [0.29, 0.717) is 24.9 Å². The van der Waals surface area contributed by atoms with Crippen LogP contribution in [0.4, 0.5) is 0 Å². The van der Waals surface area contributed by atoms with Crippen LogP contribution in [0.2, 0.25) is 0 Å². The minimum absolute atomic E-state index is 0.397. The molecule has 3 rings (SSSR count). The summed E-state index contributed by atoms with van der Waals surface area (Å²) in [4.78, 5) is 0. The van der Waals surface area contributed by atoms with E-state index in [1.165, 1.54) is 0 Å². The van der Waals surface area contributed by atoms with Crippen LogP contribution in [0, 0.1) is 0 Å². The maximum Gasteiger partial charge on any atom is 0.248 e. The molecule has 0 saturated heterocycles. The van der Waals surface area contributed by atoms with Gasteiger partial charge < -0.3 is 9.73 Å². The van der Waals surface area contributed by atoms with E-state index in [-0.39, 0.29) is 0 Å². The van der Waals surface area contributed by atoms with E-state index < -0.39 is 0 Å². The molecule has 21 heavy (non-hydrogen) atoms. The zero-order valence-electron chi connectivity index (χ0n) is 11.3. The second-order valence-corrected chi connectivity index (χ2v) is 5.27. The summed E-state index contributed by atoms with van der Waals surface area (Å²) < 4.78 is 8.25. The third-order valence-electron chi connectivity index (χ3n) is 2.81. The Morgan fingerprint density at radius 3 is 2.90 bits per heavy atom.